The summed E-state index contributed by atoms with van der Waals surface area (Å²) in [6.45, 7) is 3.61. The number of rotatable bonds is 7. The van der Waals surface area contributed by atoms with Crippen molar-refractivity contribution in [3.8, 4) is 0 Å². The van der Waals surface area contributed by atoms with Crippen molar-refractivity contribution in [2.24, 2.45) is 0 Å². The van der Waals surface area contributed by atoms with Gasteiger partial charge in [-0.15, -0.1) is 0 Å². The van der Waals surface area contributed by atoms with Gasteiger partial charge in [0.05, 0.1) is 6.61 Å². The highest BCUT2D eigenvalue weighted by Crippen LogP contribution is 2.28. The molecule has 1 fully saturated rings. The van der Waals surface area contributed by atoms with Crippen molar-refractivity contribution in [2.75, 3.05) is 30.4 Å². The van der Waals surface area contributed by atoms with E-state index in [0.29, 0.717) is 37.4 Å². The van der Waals surface area contributed by atoms with Crippen molar-refractivity contribution in [2.45, 2.75) is 38.8 Å². The quantitative estimate of drug-likeness (QED) is 0.764. The van der Waals surface area contributed by atoms with E-state index in [2.05, 4.69) is 14.9 Å². The number of aliphatic hydroxyl groups is 1. The Kier molecular flexibility index (Phi) is 4.93. The van der Waals surface area contributed by atoms with E-state index in [1.54, 1.807) is 6.07 Å². The van der Waals surface area contributed by atoms with E-state index < -0.39 is 0 Å². The maximum Gasteiger partial charge on any atom is 0.158 e. The van der Waals surface area contributed by atoms with Gasteiger partial charge < -0.3 is 20.5 Å². The average molecular weight is 266 g/mol. The molecule has 0 aromatic carbocycles. The number of nitrogen functional groups attached to an aromatic ring is 1. The van der Waals surface area contributed by atoms with Crippen LogP contribution in [0, 0.1) is 0 Å². The van der Waals surface area contributed by atoms with Crippen molar-refractivity contribution in [1.29, 1.82) is 0 Å². The molecule has 0 spiro atoms. The van der Waals surface area contributed by atoms with Crippen LogP contribution in [-0.2, 0) is 11.3 Å². The minimum absolute atomic E-state index is 0.112. The SMILES string of the molecule is CCOCc1nc(N)cc(N(CCO)C2CCC2)n1. The first-order valence-electron chi connectivity index (χ1n) is 6.83. The Morgan fingerprint density at radius 3 is 2.84 bits per heavy atom. The van der Waals surface area contributed by atoms with E-state index in [0.717, 1.165) is 18.7 Å². The van der Waals surface area contributed by atoms with Crippen molar-refractivity contribution >= 4 is 11.6 Å². The number of ether oxygens (including phenoxy) is 1. The van der Waals surface area contributed by atoms with E-state index in [4.69, 9.17) is 10.5 Å². The van der Waals surface area contributed by atoms with Gasteiger partial charge in [0, 0.05) is 25.3 Å². The molecule has 0 aliphatic heterocycles. The molecule has 106 valence electrons. The molecule has 6 heteroatoms. The molecule has 6 nitrogen and oxygen atoms in total. The zero-order chi connectivity index (χ0) is 13.7. The first-order chi connectivity index (χ1) is 9.24. The van der Waals surface area contributed by atoms with Gasteiger partial charge in [-0.1, -0.05) is 0 Å². The molecule has 2 rings (SSSR count). The number of nitrogens with two attached hydrogens (primary N) is 1. The van der Waals surface area contributed by atoms with Crippen LogP contribution >= 0.6 is 0 Å². The third-order valence-corrected chi connectivity index (χ3v) is 3.36. The van der Waals surface area contributed by atoms with Crippen molar-refractivity contribution in [1.82, 2.24) is 9.97 Å². The standard InChI is InChI=1S/C13H22N4O2/c1-2-19-9-12-15-11(14)8-13(16-12)17(6-7-18)10-4-3-5-10/h8,10,18H,2-7,9H2,1H3,(H2,14,15,16). The van der Waals surface area contributed by atoms with Gasteiger partial charge in [-0.05, 0) is 26.2 Å². The third kappa shape index (κ3) is 3.54. The second kappa shape index (κ2) is 6.68. The van der Waals surface area contributed by atoms with Crippen LogP contribution in [-0.4, -0.2) is 40.9 Å². The van der Waals surface area contributed by atoms with Crippen molar-refractivity contribution in [3.05, 3.63) is 11.9 Å². The summed E-state index contributed by atoms with van der Waals surface area (Å²) in [5, 5.41) is 9.21. The summed E-state index contributed by atoms with van der Waals surface area (Å²) < 4.78 is 5.32. The first-order valence-corrected chi connectivity index (χ1v) is 6.83. The highest BCUT2D eigenvalue weighted by atomic mass is 16.5. The lowest BCUT2D eigenvalue weighted by atomic mass is 9.91. The summed E-state index contributed by atoms with van der Waals surface area (Å²) in [5.74, 6) is 1.84. The number of hydrogen-bond donors (Lipinski definition) is 2. The number of anilines is 2. The molecule has 1 aromatic rings. The Hall–Kier alpha value is -1.40. The van der Waals surface area contributed by atoms with Crippen LogP contribution in [0.3, 0.4) is 0 Å². The van der Waals surface area contributed by atoms with E-state index in [9.17, 15) is 5.11 Å². The molecule has 0 saturated heterocycles. The predicted molar refractivity (Wildman–Crippen MR) is 73.8 cm³/mol. The largest absolute Gasteiger partial charge is 0.395 e. The van der Waals surface area contributed by atoms with Gasteiger partial charge in [0.25, 0.3) is 0 Å². The Bertz CT molecular complexity index is 410. The molecule has 1 saturated carbocycles. The minimum atomic E-state index is 0.112. The Balaban J connectivity index is 2.17. The van der Waals surface area contributed by atoms with Crippen LogP contribution in [0.1, 0.15) is 32.0 Å². The number of aromatic nitrogens is 2. The van der Waals surface area contributed by atoms with Crippen LogP contribution in [0.15, 0.2) is 6.07 Å². The van der Waals surface area contributed by atoms with Gasteiger partial charge in [-0.3, -0.25) is 0 Å². The number of hydrogen-bond acceptors (Lipinski definition) is 6. The van der Waals surface area contributed by atoms with Crippen LogP contribution in [0.25, 0.3) is 0 Å². The molecule has 1 aliphatic carbocycles. The third-order valence-electron chi connectivity index (χ3n) is 3.36. The van der Waals surface area contributed by atoms with Crippen LogP contribution in [0.5, 0.6) is 0 Å². The van der Waals surface area contributed by atoms with Crippen LogP contribution in [0.2, 0.25) is 0 Å². The molecule has 3 N–H and O–H groups in total. The van der Waals surface area contributed by atoms with Crippen LogP contribution in [0.4, 0.5) is 11.6 Å². The zero-order valence-electron chi connectivity index (χ0n) is 11.4. The average Bonchev–Trinajstić information content (AvgIpc) is 2.33. The number of nitrogens with zero attached hydrogens (tertiary/aromatic N) is 3. The monoisotopic (exact) mass is 266 g/mol. The molecular formula is C13H22N4O2. The molecular weight excluding hydrogens is 244 g/mol. The normalized spacial score (nSPS) is 15.3. The zero-order valence-corrected chi connectivity index (χ0v) is 11.4. The van der Waals surface area contributed by atoms with Gasteiger partial charge in [0.2, 0.25) is 0 Å². The smallest absolute Gasteiger partial charge is 0.158 e. The molecule has 0 bridgehead atoms. The highest BCUT2D eigenvalue weighted by molar-refractivity contribution is 5.48. The van der Waals surface area contributed by atoms with Crippen molar-refractivity contribution in [3.63, 3.8) is 0 Å². The maximum absolute atomic E-state index is 9.21. The Morgan fingerprint density at radius 1 is 1.47 bits per heavy atom. The molecule has 19 heavy (non-hydrogen) atoms. The van der Waals surface area contributed by atoms with E-state index in [-0.39, 0.29) is 6.61 Å². The highest BCUT2D eigenvalue weighted by Gasteiger charge is 2.26. The molecule has 0 amide bonds. The van der Waals surface area contributed by atoms with Crippen molar-refractivity contribution < 1.29 is 9.84 Å². The summed E-state index contributed by atoms with van der Waals surface area (Å²) in [5.41, 5.74) is 5.83. The van der Waals surface area contributed by atoms with Gasteiger partial charge in [0.15, 0.2) is 5.82 Å². The lowest BCUT2D eigenvalue weighted by Gasteiger charge is -2.38. The fourth-order valence-electron chi connectivity index (χ4n) is 2.20. The summed E-state index contributed by atoms with van der Waals surface area (Å²) >= 11 is 0. The van der Waals surface area contributed by atoms with E-state index >= 15 is 0 Å². The second-order valence-corrected chi connectivity index (χ2v) is 4.71. The molecule has 1 heterocycles. The topological polar surface area (TPSA) is 84.5 Å². The van der Waals surface area contributed by atoms with Gasteiger partial charge in [0.1, 0.15) is 18.2 Å². The van der Waals surface area contributed by atoms with E-state index in [1.807, 2.05) is 6.92 Å². The molecule has 1 aliphatic rings. The minimum Gasteiger partial charge on any atom is -0.395 e. The molecule has 0 radical (unpaired) electrons. The van der Waals surface area contributed by atoms with E-state index in [1.165, 1.54) is 6.42 Å². The number of aliphatic hydroxyl groups excluding tert-OH is 1. The Labute approximate surface area is 113 Å². The Morgan fingerprint density at radius 2 is 2.26 bits per heavy atom. The fraction of sp³-hybridized carbons (Fsp3) is 0.692. The lowest BCUT2D eigenvalue weighted by molar-refractivity contribution is 0.128. The summed E-state index contributed by atoms with van der Waals surface area (Å²) in [6, 6.07) is 2.23. The fourth-order valence-corrected chi connectivity index (χ4v) is 2.20. The lowest BCUT2D eigenvalue weighted by Crippen LogP contribution is -2.42. The molecule has 0 atom stereocenters. The second-order valence-electron chi connectivity index (χ2n) is 4.71. The summed E-state index contributed by atoms with van der Waals surface area (Å²) in [7, 11) is 0. The maximum atomic E-state index is 9.21. The molecule has 0 unspecified atom stereocenters. The summed E-state index contributed by atoms with van der Waals surface area (Å²) in [6.07, 6.45) is 3.52. The van der Waals surface area contributed by atoms with Gasteiger partial charge in [-0.2, -0.15) is 0 Å². The van der Waals surface area contributed by atoms with Gasteiger partial charge in [-0.25, -0.2) is 9.97 Å². The summed E-state index contributed by atoms with van der Waals surface area (Å²) in [4.78, 5) is 10.8. The first kappa shape index (κ1) is 14.0. The predicted octanol–water partition coefficient (Wildman–Crippen LogP) is 0.946. The van der Waals surface area contributed by atoms with Crippen LogP contribution < -0.4 is 10.6 Å². The molecule has 1 aromatic heterocycles. The van der Waals surface area contributed by atoms with Gasteiger partial charge >= 0.3 is 0 Å².